The summed E-state index contributed by atoms with van der Waals surface area (Å²) in [6.07, 6.45) is 27.7. The summed E-state index contributed by atoms with van der Waals surface area (Å²) in [5.41, 5.74) is 3.01. The Morgan fingerprint density at radius 1 is 0.500 bits per heavy atom. The van der Waals surface area contributed by atoms with E-state index in [1.54, 1.807) is 0 Å². The second-order valence-corrected chi connectivity index (χ2v) is 12.1. The maximum absolute atomic E-state index is 6.44. The van der Waals surface area contributed by atoms with Gasteiger partial charge in [0.2, 0.25) is 5.75 Å². The van der Waals surface area contributed by atoms with Crippen LogP contribution in [0.2, 0.25) is 0 Å². The first kappa shape index (κ1) is 37.5. The Kier molecular flexibility index (Phi) is 21.9. The van der Waals surface area contributed by atoms with Crippen LogP contribution in [0.15, 0.2) is 36.4 Å². The van der Waals surface area contributed by atoms with Crippen molar-refractivity contribution >= 4 is 0 Å². The van der Waals surface area contributed by atoms with Crippen molar-refractivity contribution in [2.24, 2.45) is 0 Å². The van der Waals surface area contributed by atoms with Crippen LogP contribution in [0.4, 0.5) is 0 Å². The van der Waals surface area contributed by atoms with Gasteiger partial charge in [0.1, 0.15) is 0 Å². The molecule has 0 bridgehead atoms. The van der Waals surface area contributed by atoms with E-state index in [1.807, 2.05) is 24.3 Å². The lowest BCUT2D eigenvalue weighted by Crippen LogP contribution is -2.07. The van der Waals surface area contributed by atoms with Gasteiger partial charge in [0.05, 0.1) is 33.0 Å². The van der Waals surface area contributed by atoms with E-state index in [2.05, 4.69) is 38.8 Å². The molecule has 44 heavy (non-hydrogen) atoms. The van der Waals surface area contributed by atoms with Gasteiger partial charge in [-0.3, -0.25) is 0 Å². The monoisotopic (exact) mass is 606 g/mol. The Balaban J connectivity index is 2.11. The van der Waals surface area contributed by atoms with Crippen LogP contribution in [0.1, 0.15) is 153 Å². The van der Waals surface area contributed by atoms with Crippen LogP contribution >= 0.6 is 0 Å². The molecule has 0 aliphatic heterocycles. The molecule has 4 nitrogen and oxygen atoms in total. The van der Waals surface area contributed by atoms with Crippen LogP contribution < -0.4 is 14.2 Å². The van der Waals surface area contributed by atoms with Crippen LogP contribution in [0.5, 0.6) is 17.2 Å². The molecular formula is C40H62O4. The zero-order valence-electron chi connectivity index (χ0n) is 28.4. The van der Waals surface area contributed by atoms with Crippen LogP contribution in [-0.4, -0.2) is 19.8 Å². The molecule has 246 valence electrons. The van der Waals surface area contributed by atoms with Crippen LogP contribution in [0.3, 0.4) is 0 Å². The van der Waals surface area contributed by atoms with Crippen molar-refractivity contribution in [1.29, 1.82) is 0 Å². The topological polar surface area (TPSA) is 36.9 Å². The van der Waals surface area contributed by atoms with E-state index in [0.717, 1.165) is 53.2 Å². The summed E-state index contributed by atoms with van der Waals surface area (Å²) < 4.78 is 25.4. The molecule has 0 heterocycles. The summed E-state index contributed by atoms with van der Waals surface area (Å²) in [6, 6.07) is 12.1. The predicted molar refractivity (Wildman–Crippen MR) is 186 cm³/mol. The Hall–Kier alpha value is -2.64. The van der Waals surface area contributed by atoms with Crippen LogP contribution in [0, 0.1) is 12.3 Å². The van der Waals surface area contributed by atoms with Crippen molar-refractivity contribution in [2.45, 2.75) is 150 Å². The highest BCUT2D eigenvalue weighted by atomic mass is 16.5. The lowest BCUT2D eigenvalue weighted by atomic mass is 10.1. The van der Waals surface area contributed by atoms with Gasteiger partial charge in [0.15, 0.2) is 11.5 Å². The third-order valence-corrected chi connectivity index (χ3v) is 7.99. The molecule has 0 saturated carbocycles. The van der Waals surface area contributed by atoms with Crippen molar-refractivity contribution in [3.05, 3.63) is 53.1 Å². The van der Waals surface area contributed by atoms with Crippen molar-refractivity contribution < 1.29 is 18.9 Å². The van der Waals surface area contributed by atoms with Gasteiger partial charge in [0, 0.05) is 5.56 Å². The van der Waals surface area contributed by atoms with E-state index in [4.69, 9.17) is 25.4 Å². The molecule has 0 saturated heterocycles. The number of unbranched alkanes of at least 4 members (excludes halogenated alkanes) is 15. The highest BCUT2D eigenvalue weighted by molar-refractivity contribution is 5.54. The summed E-state index contributed by atoms with van der Waals surface area (Å²) in [4.78, 5) is 0. The number of hydrogen-bond donors (Lipinski definition) is 0. The molecule has 0 aliphatic carbocycles. The van der Waals surface area contributed by atoms with Gasteiger partial charge in [-0.05, 0) is 54.7 Å². The fourth-order valence-electron chi connectivity index (χ4n) is 5.24. The highest BCUT2D eigenvalue weighted by Crippen LogP contribution is 2.40. The van der Waals surface area contributed by atoms with E-state index in [1.165, 1.54) is 96.3 Å². The third kappa shape index (κ3) is 17.0. The summed E-state index contributed by atoms with van der Waals surface area (Å²) in [7, 11) is 0. The SMILES string of the molecule is C#Cc1ccc(COCc2cc(OCCCCCCCC)c(OCCCCCCCC)c(OCCCCCCCC)c2)cc1. The minimum absolute atomic E-state index is 0.468. The molecule has 0 spiro atoms. The Morgan fingerprint density at radius 2 is 0.909 bits per heavy atom. The van der Waals surface area contributed by atoms with Crippen LogP contribution in [0.25, 0.3) is 0 Å². The lowest BCUT2D eigenvalue weighted by Gasteiger charge is -2.19. The Bertz CT molecular complexity index is 968. The summed E-state index contributed by atoms with van der Waals surface area (Å²) in [6.45, 7) is 9.80. The standard InChI is InChI=1S/C40H62O4/c1-5-9-12-15-18-21-28-42-38-31-37(34-41-33-36-26-24-35(8-4)25-27-36)32-39(43-29-22-19-16-13-10-6-2)40(38)44-30-23-20-17-14-11-7-3/h4,24-27,31-32H,5-7,9-23,28-30,33-34H2,1-3H3. The molecule has 4 heteroatoms. The number of hydrogen-bond acceptors (Lipinski definition) is 4. The van der Waals surface area contributed by atoms with Crippen molar-refractivity contribution in [1.82, 2.24) is 0 Å². The Morgan fingerprint density at radius 3 is 1.36 bits per heavy atom. The molecule has 2 aromatic carbocycles. The first-order valence-corrected chi connectivity index (χ1v) is 17.9. The van der Waals surface area contributed by atoms with Gasteiger partial charge in [-0.1, -0.05) is 135 Å². The number of terminal acetylenes is 1. The summed E-state index contributed by atoms with van der Waals surface area (Å²) >= 11 is 0. The summed E-state index contributed by atoms with van der Waals surface area (Å²) in [5, 5.41) is 0. The van der Waals surface area contributed by atoms with Gasteiger partial charge in [-0.15, -0.1) is 6.42 Å². The normalized spacial score (nSPS) is 11.0. The van der Waals surface area contributed by atoms with Gasteiger partial charge in [-0.25, -0.2) is 0 Å². The summed E-state index contributed by atoms with van der Waals surface area (Å²) in [5.74, 6) is 4.98. The molecule has 0 aromatic heterocycles. The van der Waals surface area contributed by atoms with E-state index in [9.17, 15) is 0 Å². The molecule has 0 fully saturated rings. The van der Waals surface area contributed by atoms with Crippen molar-refractivity contribution in [2.75, 3.05) is 19.8 Å². The molecule has 0 radical (unpaired) electrons. The maximum Gasteiger partial charge on any atom is 0.203 e. The highest BCUT2D eigenvalue weighted by Gasteiger charge is 2.16. The molecule has 0 atom stereocenters. The van der Waals surface area contributed by atoms with Gasteiger partial charge >= 0.3 is 0 Å². The minimum atomic E-state index is 0.468. The van der Waals surface area contributed by atoms with E-state index in [-0.39, 0.29) is 0 Å². The fourth-order valence-corrected chi connectivity index (χ4v) is 5.24. The van der Waals surface area contributed by atoms with Gasteiger partial charge < -0.3 is 18.9 Å². The predicted octanol–water partition coefficient (Wildman–Crippen LogP) is 11.6. The molecule has 2 aromatic rings. The first-order chi connectivity index (χ1) is 21.7. The zero-order chi connectivity index (χ0) is 31.5. The molecule has 2 rings (SSSR count). The van der Waals surface area contributed by atoms with E-state index < -0.39 is 0 Å². The molecular weight excluding hydrogens is 544 g/mol. The molecule has 0 aliphatic rings. The van der Waals surface area contributed by atoms with Gasteiger partial charge in [-0.2, -0.15) is 0 Å². The average molecular weight is 607 g/mol. The van der Waals surface area contributed by atoms with Gasteiger partial charge in [0.25, 0.3) is 0 Å². The zero-order valence-corrected chi connectivity index (χ0v) is 28.4. The second-order valence-electron chi connectivity index (χ2n) is 12.1. The number of ether oxygens (including phenoxy) is 4. The lowest BCUT2D eigenvalue weighted by molar-refractivity contribution is 0.106. The Labute approximate surface area is 270 Å². The van der Waals surface area contributed by atoms with E-state index in [0.29, 0.717) is 33.0 Å². The van der Waals surface area contributed by atoms with Crippen molar-refractivity contribution in [3.8, 4) is 29.6 Å². The smallest absolute Gasteiger partial charge is 0.203 e. The molecule has 0 amide bonds. The number of rotatable bonds is 28. The number of benzene rings is 2. The van der Waals surface area contributed by atoms with E-state index >= 15 is 0 Å². The quantitative estimate of drug-likeness (QED) is 0.0713. The minimum Gasteiger partial charge on any atom is -0.490 e. The maximum atomic E-state index is 6.44. The third-order valence-electron chi connectivity index (χ3n) is 7.99. The average Bonchev–Trinajstić information content (AvgIpc) is 3.04. The largest absolute Gasteiger partial charge is 0.490 e. The second kappa shape index (κ2) is 25.7. The van der Waals surface area contributed by atoms with Crippen LogP contribution in [-0.2, 0) is 18.0 Å². The molecule has 0 N–H and O–H groups in total. The molecule has 0 unspecified atom stereocenters. The fraction of sp³-hybridized carbons (Fsp3) is 0.650. The first-order valence-electron chi connectivity index (χ1n) is 17.9. The van der Waals surface area contributed by atoms with Crippen molar-refractivity contribution in [3.63, 3.8) is 0 Å².